The summed E-state index contributed by atoms with van der Waals surface area (Å²) in [4.78, 5) is 13.5. The molecular formula is C83H147NO18. The molecule has 3 aliphatic heterocycles. The van der Waals surface area contributed by atoms with Crippen molar-refractivity contribution in [2.45, 2.75) is 407 Å². The number of rotatable bonds is 64. The molecule has 0 spiro atoms. The zero-order chi connectivity index (χ0) is 73.9. The Morgan fingerprint density at radius 2 is 0.686 bits per heavy atom. The Hall–Kier alpha value is -3.03. The van der Waals surface area contributed by atoms with Gasteiger partial charge >= 0.3 is 0 Å². The lowest BCUT2D eigenvalue weighted by atomic mass is 9.96. The number of carbonyl (C=O) groups excluding carboxylic acids is 1. The standard InChI is InChI=1S/C83H147NO18/c1-3-5-7-9-11-13-15-17-19-21-23-25-27-29-31-32-33-35-36-38-40-42-44-46-48-50-52-54-56-58-60-67(88)66(84-71(89)61-59-57-55-53-51-49-47-45-43-41-39-37-34-30-28-26-24-22-20-18-16-14-12-10-8-6-4-2)65-97-81-77(95)74(92)79(69(63-86)99-81)102-83-78(96)75(93)80(70(64-87)100-83)101-82-76(94)73(91)72(90)68(62-85)98-82/h6,8,12,14,18,20,24,26,30,34,50,52,58,60,66-70,72-83,85-88,90-96H,3-5,7,9-11,13,15-17,19,21-23,25,27-29,31-33,35-49,51,53-57,59,61-65H2,1-2H3,(H,84,89)/b8-6-,14-12-,20-18-,26-24-,34-30-,52-50+,60-58+. The fourth-order valence-electron chi connectivity index (χ4n) is 13.4. The van der Waals surface area contributed by atoms with Gasteiger partial charge in [-0.05, 0) is 77.0 Å². The lowest BCUT2D eigenvalue weighted by Crippen LogP contribution is -2.66. The number of allylic oxidation sites excluding steroid dienone is 13. The SMILES string of the molecule is CC/C=C\C/C=C\C/C=C\C/C=C\C/C=C\CCCCCCCCCCCCCC(=O)NC(COC1OC(CO)C(OC2OC(CO)C(OC3OC(CO)C(O)C(O)C3O)C(O)C2O)C(O)C1O)C(O)/C=C/CC/C=C/CCCCCCCCCCCCCCCCCCCCCCCCCC. The number of amides is 1. The number of hydrogen-bond donors (Lipinski definition) is 12. The van der Waals surface area contributed by atoms with E-state index < -0.39 is 124 Å². The molecule has 0 radical (unpaired) electrons. The third-order valence-electron chi connectivity index (χ3n) is 19.9. The first-order valence-electron chi connectivity index (χ1n) is 40.8. The summed E-state index contributed by atoms with van der Waals surface area (Å²) < 4.78 is 34.4. The van der Waals surface area contributed by atoms with Gasteiger partial charge in [-0.2, -0.15) is 0 Å². The van der Waals surface area contributed by atoms with E-state index in [2.05, 4.69) is 92.1 Å². The van der Waals surface area contributed by atoms with Gasteiger partial charge in [0.25, 0.3) is 0 Å². The van der Waals surface area contributed by atoms with Crippen molar-refractivity contribution in [3.8, 4) is 0 Å². The molecule has 3 heterocycles. The number of unbranched alkanes of at least 4 members (excludes halogenated alkanes) is 36. The van der Waals surface area contributed by atoms with Crippen LogP contribution < -0.4 is 5.32 Å². The van der Waals surface area contributed by atoms with Crippen LogP contribution in [0.2, 0.25) is 0 Å². The van der Waals surface area contributed by atoms with Gasteiger partial charge in [0.2, 0.25) is 5.91 Å². The van der Waals surface area contributed by atoms with E-state index in [4.69, 9.17) is 28.4 Å². The Morgan fingerprint density at radius 1 is 0.363 bits per heavy atom. The minimum absolute atomic E-state index is 0.228. The van der Waals surface area contributed by atoms with Crippen molar-refractivity contribution in [3.05, 3.63) is 85.1 Å². The molecule has 12 N–H and O–H groups in total. The molecule has 19 nitrogen and oxygen atoms in total. The van der Waals surface area contributed by atoms with Gasteiger partial charge in [-0.3, -0.25) is 4.79 Å². The van der Waals surface area contributed by atoms with Crippen molar-refractivity contribution in [1.82, 2.24) is 5.32 Å². The van der Waals surface area contributed by atoms with Crippen LogP contribution in [-0.4, -0.2) is 193 Å². The summed E-state index contributed by atoms with van der Waals surface area (Å²) in [5.74, 6) is -0.289. The van der Waals surface area contributed by atoms with Crippen molar-refractivity contribution < 1.29 is 89.4 Å². The summed E-state index contributed by atoms with van der Waals surface area (Å²) in [5, 5.41) is 121. The van der Waals surface area contributed by atoms with Crippen LogP contribution in [0.3, 0.4) is 0 Å². The van der Waals surface area contributed by atoms with Gasteiger partial charge in [-0.1, -0.05) is 304 Å². The zero-order valence-electron chi connectivity index (χ0n) is 63.3. The zero-order valence-corrected chi connectivity index (χ0v) is 63.3. The first kappa shape index (κ1) is 93.2. The molecule has 1 amide bonds. The van der Waals surface area contributed by atoms with Crippen LogP contribution >= 0.6 is 0 Å². The maximum atomic E-state index is 13.5. The normalized spacial score (nSPS) is 26.6. The third kappa shape index (κ3) is 42.5. The van der Waals surface area contributed by atoms with E-state index in [1.165, 1.54) is 186 Å². The Kier molecular flexibility index (Phi) is 57.5. The predicted octanol–water partition coefficient (Wildman–Crippen LogP) is 13.8. The van der Waals surface area contributed by atoms with Crippen molar-refractivity contribution >= 4 is 5.91 Å². The molecular weight excluding hydrogens is 1300 g/mol. The highest BCUT2D eigenvalue weighted by Gasteiger charge is 2.54. The molecule has 3 saturated heterocycles. The average Bonchev–Trinajstić information content (AvgIpc) is 0.782. The Morgan fingerprint density at radius 3 is 1.10 bits per heavy atom. The number of hydrogen-bond acceptors (Lipinski definition) is 18. The second-order valence-corrected chi connectivity index (χ2v) is 28.8. The van der Waals surface area contributed by atoms with Crippen LogP contribution in [0.5, 0.6) is 0 Å². The monoisotopic (exact) mass is 1450 g/mol. The second kappa shape index (κ2) is 63.0. The van der Waals surface area contributed by atoms with E-state index in [-0.39, 0.29) is 18.9 Å². The highest BCUT2D eigenvalue weighted by Crippen LogP contribution is 2.33. The minimum Gasteiger partial charge on any atom is -0.394 e. The predicted molar refractivity (Wildman–Crippen MR) is 406 cm³/mol. The van der Waals surface area contributed by atoms with Gasteiger partial charge in [-0.15, -0.1) is 0 Å². The average molecular weight is 1450 g/mol. The number of ether oxygens (including phenoxy) is 6. The lowest BCUT2D eigenvalue weighted by molar-refractivity contribution is -0.379. The van der Waals surface area contributed by atoms with Crippen molar-refractivity contribution in [2.24, 2.45) is 0 Å². The van der Waals surface area contributed by atoms with E-state index in [0.29, 0.717) is 12.8 Å². The first-order chi connectivity index (χ1) is 49.8. The molecule has 0 bridgehead atoms. The number of nitrogens with one attached hydrogen (secondary N) is 1. The molecule has 0 aromatic rings. The van der Waals surface area contributed by atoms with Crippen LogP contribution in [0.25, 0.3) is 0 Å². The third-order valence-corrected chi connectivity index (χ3v) is 19.9. The van der Waals surface area contributed by atoms with Crippen LogP contribution in [0.15, 0.2) is 85.1 Å². The summed E-state index contributed by atoms with van der Waals surface area (Å²) >= 11 is 0. The van der Waals surface area contributed by atoms with Gasteiger partial charge in [0.05, 0.1) is 38.6 Å². The molecule has 19 heteroatoms. The van der Waals surface area contributed by atoms with Crippen LogP contribution in [0, 0.1) is 0 Å². The fourth-order valence-corrected chi connectivity index (χ4v) is 13.4. The largest absolute Gasteiger partial charge is 0.394 e. The molecule has 3 fully saturated rings. The maximum absolute atomic E-state index is 13.5. The molecule has 3 rings (SSSR count). The van der Waals surface area contributed by atoms with Gasteiger partial charge in [-0.25, -0.2) is 0 Å². The van der Waals surface area contributed by atoms with Crippen molar-refractivity contribution in [1.29, 1.82) is 0 Å². The number of aliphatic hydroxyl groups is 11. The maximum Gasteiger partial charge on any atom is 0.220 e. The first-order valence-corrected chi connectivity index (χ1v) is 40.8. The topological polar surface area (TPSA) is 307 Å². The smallest absolute Gasteiger partial charge is 0.220 e. The van der Waals surface area contributed by atoms with Gasteiger partial charge in [0, 0.05) is 6.42 Å². The van der Waals surface area contributed by atoms with E-state index >= 15 is 0 Å². The quantitative estimate of drug-likeness (QED) is 0.0199. The molecule has 0 aromatic carbocycles. The number of aliphatic hydroxyl groups excluding tert-OH is 11. The minimum atomic E-state index is -1.99. The summed E-state index contributed by atoms with van der Waals surface area (Å²) in [6.07, 6.45) is 57.1. The molecule has 0 saturated carbocycles. The number of carbonyl (C=O) groups is 1. The summed E-state index contributed by atoms with van der Waals surface area (Å²) in [6.45, 7) is 1.63. The highest BCUT2D eigenvalue weighted by atomic mass is 16.8. The summed E-state index contributed by atoms with van der Waals surface area (Å²) in [6, 6.07) is -0.999. The van der Waals surface area contributed by atoms with Gasteiger partial charge in [0.15, 0.2) is 18.9 Å². The summed E-state index contributed by atoms with van der Waals surface area (Å²) in [7, 11) is 0. The molecule has 0 aromatic heterocycles. The second-order valence-electron chi connectivity index (χ2n) is 28.8. The van der Waals surface area contributed by atoms with Gasteiger partial charge in [0.1, 0.15) is 73.2 Å². The molecule has 17 unspecified atom stereocenters. The van der Waals surface area contributed by atoms with E-state index in [1.807, 2.05) is 6.08 Å². The van der Waals surface area contributed by atoms with E-state index in [1.54, 1.807) is 6.08 Å². The van der Waals surface area contributed by atoms with Crippen LogP contribution in [-0.2, 0) is 33.2 Å². The summed E-state index contributed by atoms with van der Waals surface area (Å²) in [5.41, 5.74) is 0. The van der Waals surface area contributed by atoms with Crippen molar-refractivity contribution in [3.63, 3.8) is 0 Å². The van der Waals surface area contributed by atoms with Gasteiger partial charge < -0.3 is 89.9 Å². The lowest BCUT2D eigenvalue weighted by Gasteiger charge is -2.48. The molecule has 592 valence electrons. The molecule has 3 aliphatic rings. The van der Waals surface area contributed by atoms with Crippen LogP contribution in [0.4, 0.5) is 0 Å². The van der Waals surface area contributed by atoms with Crippen LogP contribution in [0.1, 0.15) is 303 Å². The van der Waals surface area contributed by atoms with E-state index in [9.17, 15) is 61.0 Å². The van der Waals surface area contributed by atoms with E-state index in [0.717, 1.165) is 83.5 Å². The molecule has 17 atom stereocenters. The Balaban J connectivity index is 1.39. The Labute approximate surface area is 616 Å². The Bertz CT molecular complexity index is 2170. The molecule has 0 aliphatic carbocycles. The fraction of sp³-hybridized carbons (Fsp3) is 0.819. The molecule has 102 heavy (non-hydrogen) atoms. The highest BCUT2D eigenvalue weighted by molar-refractivity contribution is 5.76. The van der Waals surface area contributed by atoms with Crippen molar-refractivity contribution in [2.75, 3.05) is 26.4 Å².